The first kappa shape index (κ1) is 20.2. The summed E-state index contributed by atoms with van der Waals surface area (Å²) in [5.41, 5.74) is 7.08. The molecular formula is C22H17ClN4O4. The first-order valence-corrected chi connectivity index (χ1v) is 9.60. The van der Waals surface area contributed by atoms with Gasteiger partial charge in [-0.3, -0.25) is 9.59 Å². The van der Waals surface area contributed by atoms with Crippen molar-refractivity contribution in [3.63, 3.8) is 0 Å². The lowest BCUT2D eigenvalue weighted by Gasteiger charge is -2.07. The smallest absolute Gasteiger partial charge is 0.276 e. The number of aromatic nitrogens is 2. The summed E-state index contributed by atoms with van der Waals surface area (Å²) >= 11 is 5.99. The Morgan fingerprint density at radius 1 is 1.10 bits per heavy atom. The van der Waals surface area contributed by atoms with Crippen LogP contribution in [0.25, 0.3) is 17.1 Å². The van der Waals surface area contributed by atoms with E-state index >= 15 is 0 Å². The summed E-state index contributed by atoms with van der Waals surface area (Å²) in [7, 11) is 0. The molecule has 2 heterocycles. The lowest BCUT2D eigenvalue weighted by atomic mass is 10.2. The Kier molecular flexibility index (Phi) is 5.72. The number of nitrogens with two attached hydrogens (primary N) is 1. The minimum absolute atomic E-state index is 0.185. The number of primary amides is 1. The molecule has 2 aromatic heterocycles. The number of ether oxygens (including phenoxy) is 1. The largest absolute Gasteiger partial charge is 0.484 e. The highest BCUT2D eigenvalue weighted by atomic mass is 35.5. The second kappa shape index (κ2) is 8.76. The summed E-state index contributed by atoms with van der Waals surface area (Å²) in [6.07, 6.45) is 1.55. The second-order valence-corrected chi connectivity index (χ2v) is 6.95. The number of hydrogen-bond donors (Lipinski definition) is 2. The van der Waals surface area contributed by atoms with Crippen LogP contribution in [0.3, 0.4) is 0 Å². The molecular weight excluding hydrogens is 420 g/mol. The maximum Gasteiger partial charge on any atom is 0.276 e. The molecule has 2 amide bonds. The fourth-order valence-electron chi connectivity index (χ4n) is 2.88. The molecule has 0 aliphatic carbocycles. The highest BCUT2D eigenvalue weighted by Gasteiger charge is 2.18. The van der Waals surface area contributed by atoms with Crippen LogP contribution in [0.1, 0.15) is 10.5 Å². The van der Waals surface area contributed by atoms with Gasteiger partial charge in [-0.1, -0.05) is 17.7 Å². The molecule has 3 N–H and O–H groups in total. The molecule has 0 atom stereocenters. The van der Waals surface area contributed by atoms with Gasteiger partial charge < -0.3 is 20.2 Å². The summed E-state index contributed by atoms with van der Waals surface area (Å²) in [6, 6.07) is 18.9. The molecule has 4 rings (SSSR count). The number of carbonyl (C=O) groups is 2. The van der Waals surface area contributed by atoms with Crippen molar-refractivity contribution >= 4 is 29.1 Å². The van der Waals surface area contributed by atoms with Crippen LogP contribution in [-0.4, -0.2) is 28.2 Å². The fourth-order valence-corrected chi connectivity index (χ4v) is 3.01. The SMILES string of the molecule is NC(=O)COc1cccc(NC(=O)c2cc(-c3ccco3)n(-c3ccc(Cl)cc3)n2)c1. The van der Waals surface area contributed by atoms with Gasteiger partial charge in [0.2, 0.25) is 0 Å². The number of furan rings is 1. The maximum absolute atomic E-state index is 12.9. The monoisotopic (exact) mass is 436 g/mol. The first-order valence-electron chi connectivity index (χ1n) is 9.22. The fraction of sp³-hybridized carbons (Fsp3) is 0.0455. The predicted octanol–water partition coefficient (Wildman–Crippen LogP) is 3.90. The molecule has 4 aromatic rings. The van der Waals surface area contributed by atoms with Crippen LogP contribution in [0.5, 0.6) is 5.75 Å². The van der Waals surface area contributed by atoms with Gasteiger partial charge in [0.1, 0.15) is 11.4 Å². The van der Waals surface area contributed by atoms with Gasteiger partial charge in [-0.2, -0.15) is 5.10 Å². The van der Waals surface area contributed by atoms with Crippen LogP contribution in [0.4, 0.5) is 5.69 Å². The van der Waals surface area contributed by atoms with Crippen molar-refractivity contribution in [2.75, 3.05) is 11.9 Å². The van der Waals surface area contributed by atoms with Gasteiger partial charge in [0.15, 0.2) is 18.1 Å². The number of rotatable bonds is 7. The van der Waals surface area contributed by atoms with Crippen LogP contribution in [-0.2, 0) is 4.79 Å². The van der Waals surface area contributed by atoms with Crippen molar-refractivity contribution in [1.29, 1.82) is 0 Å². The van der Waals surface area contributed by atoms with Crippen LogP contribution in [0.15, 0.2) is 77.4 Å². The normalized spacial score (nSPS) is 10.6. The van der Waals surface area contributed by atoms with Crippen molar-refractivity contribution < 1.29 is 18.7 Å². The van der Waals surface area contributed by atoms with E-state index in [4.69, 9.17) is 26.5 Å². The average molecular weight is 437 g/mol. The Morgan fingerprint density at radius 2 is 1.90 bits per heavy atom. The zero-order valence-electron chi connectivity index (χ0n) is 16.1. The topological polar surface area (TPSA) is 112 Å². The molecule has 0 bridgehead atoms. The second-order valence-electron chi connectivity index (χ2n) is 6.52. The summed E-state index contributed by atoms with van der Waals surface area (Å²) < 4.78 is 12.4. The molecule has 0 saturated carbocycles. The van der Waals surface area contributed by atoms with Gasteiger partial charge in [0.05, 0.1) is 12.0 Å². The van der Waals surface area contributed by atoms with Gasteiger partial charge in [0.25, 0.3) is 11.8 Å². The van der Waals surface area contributed by atoms with E-state index in [0.717, 1.165) is 5.69 Å². The van der Waals surface area contributed by atoms with E-state index in [1.54, 1.807) is 77.7 Å². The number of halogens is 1. The van der Waals surface area contributed by atoms with Gasteiger partial charge in [0, 0.05) is 22.8 Å². The standard InChI is InChI=1S/C22H17ClN4O4/c23-14-6-8-16(9-7-14)27-19(20-5-2-10-30-20)12-18(26-27)22(29)25-15-3-1-4-17(11-15)31-13-21(24)28/h1-12H,13H2,(H2,24,28)(H,25,29). The molecule has 156 valence electrons. The van der Waals surface area contributed by atoms with Crippen LogP contribution in [0.2, 0.25) is 5.02 Å². The van der Waals surface area contributed by atoms with E-state index in [1.165, 1.54) is 0 Å². The van der Waals surface area contributed by atoms with E-state index in [0.29, 0.717) is 27.9 Å². The van der Waals surface area contributed by atoms with Gasteiger partial charge in [-0.05, 0) is 48.5 Å². The van der Waals surface area contributed by atoms with Gasteiger partial charge >= 0.3 is 0 Å². The van der Waals surface area contributed by atoms with Crippen molar-refractivity contribution in [2.24, 2.45) is 5.73 Å². The van der Waals surface area contributed by atoms with Crippen molar-refractivity contribution in [2.45, 2.75) is 0 Å². The van der Waals surface area contributed by atoms with E-state index in [9.17, 15) is 9.59 Å². The third kappa shape index (κ3) is 4.76. The van der Waals surface area contributed by atoms with Crippen molar-refractivity contribution in [3.8, 4) is 22.9 Å². The average Bonchev–Trinajstić information content (AvgIpc) is 3.43. The molecule has 0 fully saturated rings. The number of amides is 2. The molecule has 0 aliphatic heterocycles. The van der Waals surface area contributed by atoms with Crippen LogP contribution < -0.4 is 15.8 Å². The molecule has 8 nitrogen and oxygen atoms in total. The number of carbonyl (C=O) groups excluding carboxylic acids is 2. The Balaban J connectivity index is 1.62. The molecule has 9 heteroatoms. The van der Waals surface area contributed by atoms with Crippen LogP contribution in [0, 0.1) is 0 Å². The number of anilines is 1. The lowest BCUT2D eigenvalue weighted by Crippen LogP contribution is -2.20. The Bertz CT molecular complexity index is 1220. The molecule has 2 aromatic carbocycles. The Morgan fingerprint density at radius 3 is 2.61 bits per heavy atom. The molecule has 0 radical (unpaired) electrons. The number of nitrogens with zero attached hydrogens (tertiary/aromatic N) is 2. The zero-order chi connectivity index (χ0) is 21.8. The van der Waals surface area contributed by atoms with Gasteiger partial charge in [-0.25, -0.2) is 4.68 Å². The number of nitrogens with one attached hydrogen (secondary N) is 1. The molecule has 0 spiro atoms. The van der Waals surface area contributed by atoms with Crippen molar-refractivity contribution in [1.82, 2.24) is 9.78 Å². The van der Waals surface area contributed by atoms with Gasteiger partial charge in [-0.15, -0.1) is 0 Å². The maximum atomic E-state index is 12.9. The summed E-state index contributed by atoms with van der Waals surface area (Å²) in [5, 5.41) is 7.81. The third-order valence-corrected chi connectivity index (χ3v) is 4.51. The number of hydrogen-bond acceptors (Lipinski definition) is 5. The summed E-state index contributed by atoms with van der Waals surface area (Å²) in [5.74, 6) is -0.0527. The highest BCUT2D eigenvalue weighted by Crippen LogP contribution is 2.26. The third-order valence-electron chi connectivity index (χ3n) is 4.26. The first-order chi connectivity index (χ1) is 15.0. The molecule has 0 aliphatic rings. The minimum atomic E-state index is -0.590. The summed E-state index contributed by atoms with van der Waals surface area (Å²) in [4.78, 5) is 23.7. The van der Waals surface area contributed by atoms with E-state index in [-0.39, 0.29) is 12.3 Å². The lowest BCUT2D eigenvalue weighted by molar-refractivity contribution is -0.119. The quantitative estimate of drug-likeness (QED) is 0.456. The van der Waals surface area contributed by atoms with Crippen LogP contribution >= 0.6 is 11.6 Å². The van der Waals surface area contributed by atoms with E-state index in [1.807, 2.05) is 0 Å². The minimum Gasteiger partial charge on any atom is -0.484 e. The number of benzene rings is 2. The summed E-state index contributed by atoms with van der Waals surface area (Å²) in [6.45, 7) is -0.255. The Labute approximate surface area is 182 Å². The zero-order valence-corrected chi connectivity index (χ0v) is 16.9. The molecule has 0 saturated heterocycles. The Hall–Kier alpha value is -4.04. The van der Waals surface area contributed by atoms with E-state index in [2.05, 4.69) is 10.4 Å². The van der Waals surface area contributed by atoms with E-state index < -0.39 is 11.8 Å². The molecule has 31 heavy (non-hydrogen) atoms. The van der Waals surface area contributed by atoms with Crippen molar-refractivity contribution in [3.05, 3.63) is 83.7 Å². The molecule has 0 unspecified atom stereocenters. The highest BCUT2D eigenvalue weighted by molar-refractivity contribution is 6.30. The predicted molar refractivity (Wildman–Crippen MR) is 115 cm³/mol.